The first-order valence-corrected chi connectivity index (χ1v) is 11.3. The zero-order valence-electron chi connectivity index (χ0n) is 18.8. The molecule has 1 saturated heterocycles. The minimum absolute atomic E-state index is 0.295. The SMILES string of the molecule is CCCCc1ccc(N(c2cc(C)nc(C)c2C(=O)OCC)C2CCNCC2)cc1. The molecule has 1 aromatic heterocycles. The van der Waals surface area contributed by atoms with Crippen LogP contribution < -0.4 is 10.2 Å². The number of unbranched alkanes of at least 4 members (excludes halogenated alkanes) is 1. The van der Waals surface area contributed by atoms with Crippen LogP contribution in [0.1, 0.15) is 66.8 Å². The minimum Gasteiger partial charge on any atom is -0.462 e. The van der Waals surface area contributed by atoms with Crippen LogP contribution in [0.15, 0.2) is 30.3 Å². The lowest BCUT2D eigenvalue weighted by Gasteiger charge is -2.37. The van der Waals surface area contributed by atoms with E-state index in [1.165, 1.54) is 18.4 Å². The topological polar surface area (TPSA) is 54.5 Å². The Bertz CT molecular complexity index is 842. The Balaban J connectivity index is 2.08. The number of nitrogens with zero attached hydrogens (tertiary/aromatic N) is 2. The van der Waals surface area contributed by atoms with Crippen LogP contribution in [0.2, 0.25) is 0 Å². The highest BCUT2D eigenvalue weighted by atomic mass is 16.5. The molecular weight excluding hydrogens is 374 g/mol. The van der Waals surface area contributed by atoms with E-state index in [1.54, 1.807) is 0 Å². The summed E-state index contributed by atoms with van der Waals surface area (Å²) in [5.41, 5.74) is 5.61. The fourth-order valence-corrected chi connectivity index (χ4v) is 4.27. The second-order valence-corrected chi connectivity index (χ2v) is 8.08. The lowest BCUT2D eigenvalue weighted by Crippen LogP contribution is -2.41. The Morgan fingerprint density at radius 1 is 1.17 bits per heavy atom. The second kappa shape index (κ2) is 10.6. The van der Waals surface area contributed by atoms with Crippen LogP contribution in [0.3, 0.4) is 0 Å². The van der Waals surface area contributed by atoms with Gasteiger partial charge >= 0.3 is 5.97 Å². The minimum atomic E-state index is -0.295. The molecule has 1 N–H and O–H groups in total. The van der Waals surface area contributed by atoms with E-state index >= 15 is 0 Å². The molecule has 0 unspecified atom stereocenters. The summed E-state index contributed by atoms with van der Waals surface area (Å²) in [5, 5.41) is 3.45. The maximum absolute atomic E-state index is 12.9. The highest BCUT2D eigenvalue weighted by molar-refractivity contribution is 5.98. The molecule has 2 heterocycles. The number of carbonyl (C=O) groups is 1. The fourth-order valence-electron chi connectivity index (χ4n) is 4.27. The zero-order chi connectivity index (χ0) is 21.5. The van der Waals surface area contributed by atoms with Gasteiger partial charge in [-0.05, 0) is 83.3 Å². The molecule has 0 spiro atoms. The molecule has 0 amide bonds. The van der Waals surface area contributed by atoms with Gasteiger partial charge in [-0.2, -0.15) is 0 Å². The van der Waals surface area contributed by atoms with Crippen LogP contribution in [0.25, 0.3) is 0 Å². The molecule has 1 aliphatic rings. The molecular formula is C25H35N3O2. The molecule has 3 rings (SSSR count). The van der Waals surface area contributed by atoms with E-state index in [1.807, 2.05) is 26.8 Å². The summed E-state index contributed by atoms with van der Waals surface area (Å²) >= 11 is 0. The van der Waals surface area contributed by atoms with Crippen molar-refractivity contribution in [1.82, 2.24) is 10.3 Å². The molecule has 5 heteroatoms. The van der Waals surface area contributed by atoms with Crippen LogP contribution in [-0.4, -0.2) is 36.7 Å². The predicted molar refractivity (Wildman–Crippen MR) is 123 cm³/mol. The van der Waals surface area contributed by atoms with E-state index in [2.05, 4.69) is 46.4 Å². The molecule has 162 valence electrons. The molecule has 5 nitrogen and oxygen atoms in total. The van der Waals surface area contributed by atoms with Gasteiger partial charge < -0.3 is 15.0 Å². The van der Waals surface area contributed by atoms with Gasteiger partial charge in [0.15, 0.2) is 0 Å². The quantitative estimate of drug-likeness (QED) is 0.614. The highest BCUT2D eigenvalue weighted by Crippen LogP contribution is 2.35. The van der Waals surface area contributed by atoms with E-state index in [0.29, 0.717) is 18.2 Å². The van der Waals surface area contributed by atoms with Crippen molar-refractivity contribution < 1.29 is 9.53 Å². The maximum atomic E-state index is 12.9. The Morgan fingerprint density at radius 2 is 1.87 bits per heavy atom. The van der Waals surface area contributed by atoms with Crippen molar-refractivity contribution in [2.24, 2.45) is 0 Å². The zero-order valence-corrected chi connectivity index (χ0v) is 18.8. The van der Waals surface area contributed by atoms with Crippen molar-refractivity contribution in [2.45, 2.75) is 65.8 Å². The highest BCUT2D eigenvalue weighted by Gasteiger charge is 2.28. The van der Waals surface area contributed by atoms with Gasteiger partial charge in [0.25, 0.3) is 0 Å². The third-order valence-corrected chi connectivity index (χ3v) is 5.75. The summed E-state index contributed by atoms with van der Waals surface area (Å²) in [6.45, 7) is 10.3. The number of piperidine rings is 1. The number of ether oxygens (including phenoxy) is 1. The number of hydrogen-bond donors (Lipinski definition) is 1. The van der Waals surface area contributed by atoms with Crippen LogP contribution in [0.5, 0.6) is 0 Å². The molecule has 1 fully saturated rings. The van der Waals surface area contributed by atoms with Crippen molar-refractivity contribution in [3.63, 3.8) is 0 Å². The van der Waals surface area contributed by atoms with E-state index in [9.17, 15) is 4.79 Å². The molecule has 2 aromatic rings. The second-order valence-electron chi connectivity index (χ2n) is 8.08. The maximum Gasteiger partial charge on any atom is 0.342 e. The number of aromatic nitrogens is 1. The van der Waals surface area contributed by atoms with Crippen molar-refractivity contribution in [3.8, 4) is 0 Å². The number of pyridine rings is 1. The monoisotopic (exact) mass is 409 g/mol. The number of carbonyl (C=O) groups excluding carboxylic acids is 1. The largest absolute Gasteiger partial charge is 0.462 e. The lowest BCUT2D eigenvalue weighted by molar-refractivity contribution is 0.0525. The van der Waals surface area contributed by atoms with Gasteiger partial charge in [0.05, 0.1) is 18.0 Å². The fraction of sp³-hybridized carbons (Fsp3) is 0.520. The van der Waals surface area contributed by atoms with Gasteiger partial charge in [-0.1, -0.05) is 25.5 Å². The Kier molecular flexibility index (Phi) is 7.86. The Labute approximate surface area is 180 Å². The number of aryl methyl sites for hydroxylation is 3. The third-order valence-electron chi connectivity index (χ3n) is 5.75. The summed E-state index contributed by atoms with van der Waals surface area (Å²) in [4.78, 5) is 19.8. The van der Waals surface area contributed by atoms with Gasteiger partial charge in [-0.15, -0.1) is 0 Å². The Hall–Kier alpha value is -2.40. The first kappa shape index (κ1) is 22.3. The molecule has 0 aliphatic carbocycles. The first-order valence-electron chi connectivity index (χ1n) is 11.3. The van der Waals surface area contributed by atoms with E-state index in [4.69, 9.17) is 4.74 Å². The number of benzene rings is 1. The third kappa shape index (κ3) is 5.20. The molecule has 0 saturated carbocycles. The molecule has 1 aromatic carbocycles. The normalized spacial score (nSPS) is 14.5. The first-order chi connectivity index (χ1) is 14.5. The van der Waals surface area contributed by atoms with Crippen LogP contribution >= 0.6 is 0 Å². The van der Waals surface area contributed by atoms with Crippen molar-refractivity contribution in [2.75, 3.05) is 24.6 Å². The molecule has 0 radical (unpaired) electrons. The average molecular weight is 410 g/mol. The number of hydrogen-bond acceptors (Lipinski definition) is 5. The van der Waals surface area contributed by atoms with Crippen molar-refractivity contribution >= 4 is 17.3 Å². The van der Waals surface area contributed by atoms with Crippen LogP contribution in [0, 0.1) is 13.8 Å². The molecule has 0 bridgehead atoms. The number of esters is 1. The van der Waals surface area contributed by atoms with Crippen molar-refractivity contribution in [1.29, 1.82) is 0 Å². The predicted octanol–water partition coefficient (Wildman–Crippen LogP) is 5.11. The summed E-state index contributed by atoms with van der Waals surface area (Å²) in [6.07, 6.45) is 5.56. The van der Waals surface area contributed by atoms with Gasteiger partial charge in [0, 0.05) is 17.4 Å². The van der Waals surface area contributed by atoms with Gasteiger partial charge in [-0.3, -0.25) is 4.98 Å². The van der Waals surface area contributed by atoms with E-state index in [-0.39, 0.29) is 5.97 Å². The summed E-state index contributed by atoms with van der Waals surface area (Å²) in [5.74, 6) is -0.295. The van der Waals surface area contributed by atoms with E-state index < -0.39 is 0 Å². The molecule has 30 heavy (non-hydrogen) atoms. The lowest BCUT2D eigenvalue weighted by atomic mass is 9.99. The van der Waals surface area contributed by atoms with Crippen molar-refractivity contribution in [3.05, 3.63) is 52.8 Å². The smallest absolute Gasteiger partial charge is 0.342 e. The van der Waals surface area contributed by atoms with Gasteiger partial charge in [0.2, 0.25) is 0 Å². The molecule has 1 aliphatic heterocycles. The average Bonchev–Trinajstić information content (AvgIpc) is 2.74. The summed E-state index contributed by atoms with van der Waals surface area (Å²) < 4.78 is 5.41. The number of nitrogens with one attached hydrogen (secondary N) is 1. The molecule has 0 atom stereocenters. The van der Waals surface area contributed by atoms with Crippen LogP contribution in [0.4, 0.5) is 11.4 Å². The number of anilines is 2. The van der Waals surface area contributed by atoms with E-state index in [0.717, 1.165) is 55.1 Å². The number of rotatable bonds is 8. The summed E-state index contributed by atoms with van der Waals surface area (Å²) in [7, 11) is 0. The van der Waals surface area contributed by atoms with Gasteiger partial charge in [-0.25, -0.2) is 4.79 Å². The van der Waals surface area contributed by atoms with Gasteiger partial charge in [0.1, 0.15) is 5.56 Å². The summed E-state index contributed by atoms with van der Waals surface area (Å²) in [6, 6.07) is 11.2. The standard InChI is InChI=1S/C25H35N3O2/c1-5-7-8-20-9-11-21(12-10-20)28(22-13-15-26-16-14-22)23-17-18(3)27-19(4)24(23)25(29)30-6-2/h9-12,17,22,26H,5-8,13-16H2,1-4H3. The van der Waals surface area contributed by atoms with Crippen LogP contribution in [-0.2, 0) is 11.2 Å². The Morgan fingerprint density at radius 3 is 2.50 bits per heavy atom.